The van der Waals surface area contributed by atoms with Crippen LogP contribution in [0.15, 0.2) is 6.07 Å². The molecule has 2 aromatic heterocycles. The summed E-state index contributed by atoms with van der Waals surface area (Å²) >= 11 is 3.05. The summed E-state index contributed by atoms with van der Waals surface area (Å²) in [5.74, 6) is 0.163. The van der Waals surface area contributed by atoms with Crippen LogP contribution in [0.25, 0.3) is 9.53 Å². The minimum absolute atomic E-state index is 0.0280. The number of fused-ring (bicyclic) bond motifs is 1. The molecule has 1 fully saturated rings. The maximum atomic E-state index is 12.6. The molecule has 0 atom stereocenters. The smallest absolute Gasteiger partial charge is 0.264 e. The summed E-state index contributed by atoms with van der Waals surface area (Å²) in [7, 11) is 5.59. The summed E-state index contributed by atoms with van der Waals surface area (Å²) in [4.78, 5) is 34.3. The summed E-state index contributed by atoms with van der Waals surface area (Å²) < 4.78 is 1.06. The molecule has 6 nitrogen and oxygen atoms in total. The van der Waals surface area contributed by atoms with Crippen LogP contribution in [0.1, 0.15) is 22.5 Å². The number of piperidine rings is 1. The molecule has 0 spiro atoms. The second-order valence-corrected chi connectivity index (χ2v) is 7.89. The van der Waals surface area contributed by atoms with Crippen LogP contribution in [-0.2, 0) is 4.79 Å². The first-order valence-electron chi connectivity index (χ1n) is 7.58. The van der Waals surface area contributed by atoms with Crippen molar-refractivity contribution in [3.8, 4) is 0 Å². The van der Waals surface area contributed by atoms with Crippen molar-refractivity contribution in [2.24, 2.45) is 5.92 Å². The maximum Gasteiger partial charge on any atom is 0.264 e. The largest absolute Gasteiger partial charge is 0.359 e. The van der Waals surface area contributed by atoms with Gasteiger partial charge in [-0.05, 0) is 18.9 Å². The van der Waals surface area contributed by atoms with E-state index in [1.807, 2.05) is 30.0 Å². The van der Waals surface area contributed by atoms with Gasteiger partial charge in [0.05, 0.1) is 9.58 Å². The molecule has 1 saturated heterocycles. The molecule has 3 heterocycles. The van der Waals surface area contributed by atoms with Crippen molar-refractivity contribution < 1.29 is 9.59 Å². The van der Waals surface area contributed by atoms with E-state index in [1.54, 1.807) is 18.4 Å². The third-order valence-electron chi connectivity index (χ3n) is 4.07. The summed E-state index contributed by atoms with van der Waals surface area (Å²) in [5.41, 5.74) is 0. The Morgan fingerprint density at radius 3 is 2.57 bits per heavy atom. The lowest BCUT2D eigenvalue weighted by Gasteiger charge is -2.30. The van der Waals surface area contributed by atoms with E-state index in [4.69, 9.17) is 0 Å². The van der Waals surface area contributed by atoms with Crippen molar-refractivity contribution in [2.75, 3.05) is 39.1 Å². The van der Waals surface area contributed by atoms with Crippen LogP contribution in [0.2, 0.25) is 0 Å². The van der Waals surface area contributed by atoms with Crippen molar-refractivity contribution in [1.82, 2.24) is 15.2 Å². The van der Waals surface area contributed by atoms with Gasteiger partial charge < -0.3 is 15.1 Å². The molecule has 0 unspecified atom stereocenters. The predicted molar refractivity (Wildman–Crippen MR) is 94.5 cm³/mol. The zero-order valence-electron chi connectivity index (χ0n) is 13.5. The minimum Gasteiger partial charge on any atom is -0.359 e. The van der Waals surface area contributed by atoms with Gasteiger partial charge in [0, 0.05) is 40.2 Å². The van der Waals surface area contributed by atoms with Crippen LogP contribution in [-0.4, -0.2) is 55.9 Å². The molecule has 1 aliphatic rings. The number of aromatic nitrogens is 1. The highest BCUT2D eigenvalue weighted by atomic mass is 32.1. The molecule has 0 radical (unpaired) electrons. The van der Waals surface area contributed by atoms with E-state index in [2.05, 4.69) is 10.3 Å². The Bertz CT molecular complexity index is 697. The van der Waals surface area contributed by atoms with Crippen LogP contribution in [0.4, 0.5) is 5.13 Å². The molecule has 1 N–H and O–H groups in total. The fourth-order valence-electron chi connectivity index (χ4n) is 2.73. The third-order valence-corrected chi connectivity index (χ3v) is 6.39. The number of carbonyl (C=O) groups excluding carboxylic acids is 2. The molecular formula is C15H20N4O2S2. The standard InChI is InChI=1S/C15H20N4O2S2/c1-16-12(20)9-4-6-19(7-5-9)14(21)11-8-10-13(22-11)17-15(23-10)18(2)3/h8-9H,4-7H2,1-3H3,(H,16,20). The van der Waals surface area contributed by atoms with Crippen LogP contribution < -0.4 is 10.2 Å². The predicted octanol–water partition coefficient (Wildman–Crippen LogP) is 2.02. The van der Waals surface area contributed by atoms with Gasteiger partial charge in [-0.25, -0.2) is 4.98 Å². The van der Waals surface area contributed by atoms with Gasteiger partial charge >= 0.3 is 0 Å². The normalized spacial score (nSPS) is 15.9. The number of amides is 2. The van der Waals surface area contributed by atoms with Crippen molar-refractivity contribution in [1.29, 1.82) is 0 Å². The van der Waals surface area contributed by atoms with Crippen LogP contribution >= 0.6 is 22.7 Å². The Labute approximate surface area is 143 Å². The van der Waals surface area contributed by atoms with Gasteiger partial charge in [0.1, 0.15) is 4.83 Å². The quantitative estimate of drug-likeness (QED) is 0.918. The summed E-state index contributed by atoms with van der Waals surface area (Å²) in [6.07, 6.45) is 1.46. The molecule has 0 aromatic carbocycles. The third kappa shape index (κ3) is 3.18. The van der Waals surface area contributed by atoms with Gasteiger partial charge in [-0.2, -0.15) is 0 Å². The summed E-state index contributed by atoms with van der Waals surface area (Å²) in [5, 5.41) is 3.64. The first kappa shape index (κ1) is 16.2. The molecule has 0 bridgehead atoms. The molecule has 23 heavy (non-hydrogen) atoms. The van der Waals surface area contributed by atoms with Crippen molar-refractivity contribution in [3.63, 3.8) is 0 Å². The van der Waals surface area contributed by atoms with E-state index in [0.29, 0.717) is 13.1 Å². The second kappa shape index (κ2) is 6.45. The number of nitrogens with zero attached hydrogens (tertiary/aromatic N) is 3. The van der Waals surface area contributed by atoms with Gasteiger partial charge in [-0.15, -0.1) is 11.3 Å². The number of thiophene rings is 1. The lowest BCUT2D eigenvalue weighted by molar-refractivity contribution is -0.125. The molecule has 1 aliphatic heterocycles. The maximum absolute atomic E-state index is 12.6. The van der Waals surface area contributed by atoms with Gasteiger partial charge in [0.2, 0.25) is 5.91 Å². The lowest BCUT2D eigenvalue weighted by atomic mass is 9.96. The minimum atomic E-state index is 0.0280. The molecule has 8 heteroatoms. The number of likely N-dealkylation sites (tertiary alicyclic amines) is 1. The number of carbonyl (C=O) groups is 2. The van der Waals surface area contributed by atoms with Gasteiger partial charge in [0.25, 0.3) is 5.91 Å². The van der Waals surface area contributed by atoms with Crippen molar-refractivity contribution in [3.05, 3.63) is 10.9 Å². The molecule has 0 saturated carbocycles. The molecular weight excluding hydrogens is 332 g/mol. The SMILES string of the molecule is CNC(=O)C1CCN(C(=O)c2cc3sc(N(C)C)nc3s2)CC1. The van der Waals surface area contributed by atoms with Gasteiger partial charge in [-0.3, -0.25) is 9.59 Å². The summed E-state index contributed by atoms with van der Waals surface area (Å²) in [6.45, 7) is 1.28. The zero-order valence-corrected chi connectivity index (χ0v) is 15.1. The number of nitrogens with one attached hydrogen (secondary N) is 1. The molecule has 124 valence electrons. The van der Waals surface area contributed by atoms with Crippen LogP contribution in [0, 0.1) is 5.92 Å². The fourth-order valence-corrected chi connectivity index (χ4v) is 4.83. The van der Waals surface area contributed by atoms with E-state index in [-0.39, 0.29) is 17.7 Å². The van der Waals surface area contributed by atoms with E-state index in [1.165, 1.54) is 11.3 Å². The highest BCUT2D eigenvalue weighted by molar-refractivity contribution is 7.29. The zero-order chi connectivity index (χ0) is 16.6. The highest BCUT2D eigenvalue weighted by Gasteiger charge is 2.28. The van der Waals surface area contributed by atoms with E-state index >= 15 is 0 Å². The van der Waals surface area contributed by atoms with E-state index < -0.39 is 0 Å². The number of rotatable bonds is 3. The number of anilines is 1. The Balaban J connectivity index is 1.69. The van der Waals surface area contributed by atoms with Gasteiger partial charge in [0.15, 0.2) is 5.13 Å². The van der Waals surface area contributed by atoms with Crippen molar-refractivity contribution >= 4 is 49.1 Å². The van der Waals surface area contributed by atoms with Crippen LogP contribution in [0.3, 0.4) is 0 Å². The average Bonchev–Trinajstić information content (AvgIpc) is 3.12. The Kier molecular flexibility index (Phi) is 4.54. The second-order valence-electron chi connectivity index (χ2n) is 5.85. The monoisotopic (exact) mass is 352 g/mol. The van der Waals surface area contributed by atoms with Gasteiger partial charge in [-0.1, -0.05) is 11.3 Å². The highest BCUT2D eigenvalue weighted by Crippen LogP contribution is 2.34. The fraction of sp³-hybridized carbons (Fsp3) is 0.533. The number of hydrogen-bond donors (Lipinski definition) is 1. The van der Waals surface area contributed by atoms with E-state index in [0.717, 1.165) is 32.4 Å². The molecule has 0 aliphatic carbocycles. The first-order valence-corrected chi connectivity index (χ1v) is 9.21. The van der Waals surface area contributed by atoms with Crippen LogP contribution in [0.5, 0.6) is 0 Å². The van der Waals surface area contributed by atoms with E-state index in [9.17, 15) is 9.59 Å². The summed E-state index contributed by atoms with van der Waals surface area (Å²) in [6, 6.07) is 1.94. The number of hydrogen-bond acceptors (Lipinski definition) is 6. The first-order chi connectivity index (χ1) is 11.0. The average molecular weight is 352 g/mol. The Morgan fingerprint density at radius 2 is 2.00 bits per heavy atom. The lowest BCUT2D eigenvalue weighted by Crippen LogP contribution is -2.42. The molecule has 2 aromatic rings. The Hall–Kier alpha value is -1.67. The number of thiazole rings is 1. The topological polar surface area (TPSA) is 65.5 Å². The molecule has 2 amide bonds. The molecule has 3 rings (SSSR count). The van der Waals surface area contributed by atoms with Crippen molar-refractivity contribution in [2.45, 2.75) is 12.8 Å². The Morgan fingerprint density at radius 1 is 1.30 bits per heavy atom.